The largest absolute Gasteiger partial charge is 0.393 e. The highest BCUT2D eigenvalue weighted by atomic mass is 19.4. The molecule has 1 heterocycles. The number of amides is 1. The summed E-state index contributed by atoms with van der Waals surface area (Å²) in [4.78, 5) is 13.1. The number of piperidine rings is 1. The molecule has 0 aromatic carbocycles. The molecule has 0 aliphatic carbocycles. The van der Waals surface area contributed by atoms with Gasteiger partial charge >= 0.3 is 6.18 Å². The van der Waals surface area contributed by atoms with Crippen molar-refractivity contribution in [2.24, 2.45) is 17.6 Å². The summed E-state index contributed by atoms with van der Waals surface area (Å²) in [7, 11) is 0. The van der Waals surface area contributed by atoms with Crippen LogP contribution in [0.3, 0.4) is 0 Å². The van der Waals surface area contributed by atoms with Crippen LogP contribution in [-0.2, 0) is 4.79 Å². The lowest BCUT2D eigenvalue weighted by atomic mass is 9.95. The molecule has 2 atom stereocenters. The smallest absolute Gasteiger partial charge is 0.341 e. The van der Waals surface area contributed by atoms with E-state index in [-0.39, 0.29) is 24.8 Å². The summed E-state index contributed by atoms with van der Waals surface area (Å²) in [5.74, 6) is -1.83. The van der Waals surface area contributed by atoms with Crippen LogP contribution in [0.5, 0.6) is 0 Å². The van der Waals surface area contributed by atoms with Crippen molar-refractivity contribution >= 4 is 5.91 Å². The van der Waals surface area contributed by atoms with Crippen molar-refractivity contribution in [2.45, 2.75) is 38.9 Å². The molecule has 0 aromatic heterocycles. The number of hydrogen-bond acceptors (Lipinski definition) is 2. The van der Waals surface area contributed by atoms with Gasteiger partial charge in [-0.15, -0.1) is 0 Å². The first-order chi connectivity index (χ1) is 7.73. The molecule has 17 heavy (non-hydrogen) atoms. The van der Waals surface area contributed by atoms with Crippen molar-refractivity contribution in [2.75, 3.05) is 13.1 Å². The van der Waals surface area contributed by atoms with Crippen LogP contribution in [0.25, 0.3) is 0 Å². The summed E-state index contributed by atoms with van der Waals surface area (Å²) in [6.45, 7) is 3.70. The zero-order chi connectivity index (χ0) is 13.2. The molecule has 6 heteroatoms. The average molecular weight is 252 g/mol. The van der Waals surface area contributed by atoms with E-state index in [4.69, 9.17) is 5.73 Å². The fraction of sp³-hybridized carbons (Fsp3) is 0.909. The zero-order valence-electron chi connectivity index (χ0n) is 10.1. The van der Waals surface area contributed by atoms with Crippen LogP contribution in [0.2, 0.25) is 0 Å². The molecule has 2 N–H and O–H groups in total. The molecule has 1 aliphatic heterocycles. The first-order valence-electron chi connectivity index (χ1n) is 5.84. The van der Waals surface area contributed by atoms with Crippen molar-refractivity contribution in [3.8, 4) is 0 Å². The average Bonchev–Trinajstić information content (AvgIpc) is 2.26. The molecule has 0 aromatic rings. The monoisotopic (exact) mass is 252 g/mol. The van der Waals surface area contributed by atoms with Crippen LogP contribution < -0.4 is 5.73 Å². The Morgan fingerprint density at radius 2 is 2.00 bits per heavy atom. The molecule has 100 valence electrons. The van der Waals surface area contributed by atoms with Gasteiger partial charge in [0.2, 0.25) is 5.91 Å². The molecule has 1 aliphatic rings. The molecular weight excluding hydrogens is 233 g/mol. The van der Waals surface area contributed by atoms with Gasteiger partial charge in [-0.1, -0.05) is 13.8 Å². The van der Waals surface area contributed by atoms with Crippen molar-refractivity contribution in [3.63, 3.8) is 0 Å². The minimum absolute atomic E-state index is 0.0613. The molecule has 1 amide bonds. The van der Waals surface area contributed by atoms with Crippen molar-refractivity contribution in [1.82, 2.24) is 4.90 Å². The minimum Gasteiger partial charge on any atom is -0.341 e. The predicted octanol–water partition coefficient (Wildman–Crippen LogP) is 1.77. The summed E-state index contributed by atoms with van der Waals surface area (Å²) in [5, 5.41) is 0. The fourth-order valence-electron chi connectivity index (χ4n) is 1.94. The zero-order valence-corrected chi connectivity index (χ0v) is 10.1. The third-order valence-corrected chi connectivity index (χ3v) is 3.20. The highest BCUT2D eigenvalue weighted by molar-refractivity contribution is 5.82. The van der Waals surface area contributed by atoms with E-state index >= 15 is 0 Å². The van der Waals surface area contributed by atoms with E-state index in [0.717, 1.165) is 0 Å². The van der Waals surface area contributed by atoms with E-state index in [2.05, 4.69) is 0 Å². The Morgan fingerprint density at radius 3 is 2.47 bits per heavy atom. The van der Waals surface area contributed by atoms with E-state index in [1.807, 2.05) is 0 Å². The number of halogens is 3. The number of rotatable bonds is 2. The van der Waals surface area contributed by atoms with Crippen molar-refractivity contribution < 1.29 is 18.0 Å². The van der Waals surface area contributed by atoms with Crippen LogP contribution in [-0.4, -0.2) is 36.1 Å². The van der Waals surface area contributed by atoms with Gasteiger partial charge < -0.3 is 10.6 Å². The molecule has 1 saturated heterocycles. The van der Waals surface area contributed by atoms with E-state index in [0.29, 0.717) is 13.0 Å². The Hall–Kier alpha value is -0.780. The van der Waals surface area contributed by atoms with Crippen LogP contribution in [0, 0.1) is 11.8 Å². The van der Waals surface area contributed by atoms with Crippen LogP contribution in [0.4, 0.5) is 13.2 Å². The molecule has 1 fully saturated rings. The van der Waals surface area contributed by atoms with Gasteiger partial charge in [-0.25, -0.2) is 0 Å². The van der Waals surface area contributed by atoms with Gasteiger partial charge in [0.05, 0.1) is 12.0 Å². The summed E-state index contributed by atoms with van der Waals surface area (Å²) in [6, 6.07) is -0.706. The lowest BCUT2D eigenvalue weighted by molar-refractivity contribution is -0.188. The molecule has 0 bridgehead atoms. The van der Waals surface area contributed by atoms with Gasteiger partial charge in [0.15, 0.2) is 0 Å². The SMILES string of the molecule is CC(C)[C@H](N)C(=O)N1CCCC(C(F)(F)F)C1. The maximum absolute atomic E-state index is 12.6. The number of alkyl halides is 3. The van der Waals surface area contributed by atoms with Gasteiger partial charge in [-0.2, -0.15) is 13.2 Å². The highest BCUT2D eigenvalue weighted by Gasteiger charge is 2.43. The van der Waals surface area contributed by atoms with E-state index in [1.54, 1.807) is 13.8 Å². The Balaban J connectivity index is 2.64. The first kappa shape index (κ1) is 14.3. The number of nitrogens with two attached hydrogens (primary N) is 1. The van der Waals surface area contributed by atoms with E-state index in [9.17, 15) is 18.0 Å². The molecule has 0 saturated carbocycles. The Bertz CT molecular complexity index is 278. The molecule has 3 nitrogen and oxygen atoms in total. The summed E-state index contributed by atoms with van der Waals surface area (Å²) >= 11 is 0. The third kappa shape index (κ3) is 3.59. The van der Waals surface area contributed by atoms with Crippen LogP contribution in [0.15, 0.2) is 0 Å². The summed E-state index contributed by atoms with van der Waals surface area (Å²) in [6.07, 6.45) is -3.73. The minimum atomic E-state index is -4.22. The number of nitrogens with zero attached hydrogens (tertiary/aromatic N) is 1. The predicted molar refractivity (Wildman–Crippen MR) is 58.2 cm³/mol. The van der Waals surface area contributed by atoms with Crippen LogP contribution >= 0.6 is 0 Å². The van der Waals surface area contributed by atoms with Crippen molar-refractivity contribution in [3.05, 3.63) is 0 Å². The third-order valence-electron chi connectivity index (χ3n) is 3.20. The lowest BCUT2D eigenvalue weighted by Crippen LogP contribution is -2.51. The standard InChI is InChI=1S/C11H19F3N2O/c1-7(2)9(15)10(17)16-5-3-4-8(6-16)11(12,13)14/h7-9H,3-6,15H2,1-2H3/t8?,9-/m0/s1. The number of carbonyl (C=O) groups is 1. The Morgan fingerprint density at radius 1 is 1.41 bits per heavy atom. The van der Waals surface area contributed by atoms with Crippen LogP contribution in [0.1, 0.15) is 26.7 Å². The Labute approximate surface area is 99.1 Å². The highest BCUT2D eigenvalue weighted by Crippen LogP contribution is 2.33. The van der Waals surface area contributed by atoms with Gasteiger partial charge in [0.25, 0.3) is 0 Å². The normalized spacial score (nSPS) is 23.9. The van der Waals surface area contributed by atoms with Gasteiger partial charge in [-0.3, -0.25) is 4.79 Å². The summed E-state index contributed by atoms with van der Waals surface area (Å²) in [5.41, 5.74) is 5.67. The molecule has 0 spiro atoms. The molecule has 0 radical (unpaired) electrons. The second kappa shape index (κ2) is 5.25. The first-order valence-corrected chi connectivity index (χ1v) is 5.84. The van der Waals surface area contributed by atoms with Gasteiger partial charge in [-0.05, 0) is 18.8 Å². The summed E-state index contributed by atoms with van der Waals surface area (Å²) < 4.78 is 37.7. The second-order valence-electron chi connectivity index (χ2n) is 4.93. The fourth-order valence-corrected chi connectivity index (χ4v) is 1.94. The van der Waals surface area contributed by atoms with E-state index in [1.165, 1.54) is 4.90 Å². The number of likely N-dealkylation sites (tertiary alicyclic amines) is 1. The van der Waals surface area contributed by atoms with Crippen molar-refractivity contribution in [1.29, 1.82) is 0 Å². The molecule has 1 rings (SSSR count). The second-order valence-corrected chi connectivity index (χ2v) is 4.93. The maximum atomic E-state index is 12.6. The quantitative estimate of drug-likeness (QED) is 0.814. The van der Waals surface area contributed by atoms with Gasteiger partial charge in [0.1, 0.15) is 0 Å². The lowest BCUT2D eigenvalue weighted by Gasteiger charge is -2.35. The maximum Gasteiger partial charge on any atom is 0.393 e. The van der Waals surface area contributed by atoms with Gasteiger partial charge in [0, 0.05) is 13.1 Å². The molecular formula is C11H19F3N2O. The number of hydrogen-bond donors (Lipinski definition) is 1. The Kier molecular flexibility index (Phi) is 4.41. The molecule has 1 unspecified atom stereocenters. The topological polar surface area (TPSA) is 46.3 Å². The number of carbonyl (C=O) groups excluding carboxylic acids is 1. The van der Waals surface area contributed by atoms with E-state index < -0.39 is 18.1 Å².